The van der Waals surface area contributed by atoms with E-state index in [1.54, 1.807) is 6.07 Å². The molecule has 0 saturated heterocycles. The van der Waals surface area contributed by atoms with Gasteiger partial charge in [0.2, 0.25) is 5.91 Å². The number of halogens is 2. The number of nitro groups is 1. The molecular formula is C14H10BrFN2O3. The zero-order chi connectivity index (χ0) is 15.4. The number of hydrogen-bond acceptors (Lipinski definition) is 3. The van der Waals surface area contributed by atoms with Gasteiger partial charge in [0.25, 0.3) is 5.69 Å². The summed E-state index contributed by atoms with van der Waals surface area (Å²) in [7, 11) is 0. The minimum Gasteiger partial charge on any atom is -0.325 e. The minimum absolute atomic E-state index is 0.0371. The number of amides is 1. The first-order chi connectivity index (χ1) is 9.95. The first kappa shape index (κ1) is 15.1. The summed E-state index contributed by atoms with van der Waals surface area (Å²) in [6, 6.07) is 9.75. The zero-order valence-electron chi connectivity index (χ0n) is 10.7. The minimum atomic E-state index is -0.523. The molecule has 0 aliphatic rings. The van der Waals surface area contributed by atoms with Crippen molar-refractivity contribution < 1.29 is 14.1 Å². The van der Waals surface area contributed by atoms with Crippen LogP contribution in [-0.2, 0) is 11.2 Å². The second kappa shape index (κ2) is 6.45. The lowest BCUT2D eigenvalue weighted by Gasteiger charge is -2.07. The summed E-state index contributed by atoms with van der Waals surface area (Å²) in [6.07, 6.45) is -0.0371. The number of anilines is 1. The van der Waals surface area contributed by atoms with Gasteiger partial charge in [-0.05, 0) is 39.7 Å². The van der Waals surface area contributed by atoms with Gasteiger partial charge in [-0.3, -0.25) is 14.9 Å². The maximum Gasteiger partial charge on any atom is 0.269 e. The van der Waals surface area contributed by atoms with Gasteiger partial charge >= 0.3 is 0 Å². The van der Waals surface area contributed by atoms with Crippen molar-refractivity contribution in [2.75, 3.05) is 5.32 Å². The molecule has 0 unspecified atom stereocenters. The number of carbonyl (C=O) groups excluding carboxylic acids is 1. The van der Waals surface area contributed by atoms with Crippen molar-refractivity contribution in [3.63, 3.8) is 0 Å². The van der Waals surface area contributed by atoms with Gasteiger partial charge in [0.05, 0.1) is 17.0 Å². The molecule has 0 spiro atoms. The SMILES string of the molecule is O=C(Cc1cccc([N+](=O)[O-])c1)Nc1cc(F)ccc1Br. The van der Waals surface area contributed by atoms with E-state index in [2.05, 4.69) is 21.2 Å². The molecule has 108 valence electrons. The van der Waals surface area contributed by atoms with Gasteiger partial charge in [0, 0.05) is 16.6 Å². The van der Waals surface area contributed by atoms with Crippen LogP contribution in [0.2, 0.25) is 0 Å². The molecule has 0 aliphatic carbocycles. The molecule has 0 aliphatic heterocycles. The van der Waals surface area contributed by atoms with Crippen molar-refractivity contribution in [3.05, 3.63) is 68.4 Å². The standard InChI is InChI=1S/C14H10BrFN2O3/c15-12-5-4-10(16)8-13(12)17-14(19)7-9-2-1-3-11(6-9)18(20)21/h1-6,8H,7H2,(H,17,19). The molecule has 7 heteroatoms. The number of nitrogens with zero attached hydrogens (tertiary/aromatic N) is 1. The average Bonchev–Trinajstić information content (AvgIpc) is 2.43. The monoisotopic (exact) mass is 352 g/mol. The third-order valence-electron chi connectivity index (χ3n) is 2.69. The Bertz CT molecular complexity index is 706. The quantitative estimate of drug-likeness (QED) is 0.673. The van der Waals surface area contributed by atoms with Crippen LogP contribution in [0.4, 0.5) is 15.8 Å². The van der Waals surface area contributed by atoms with Gasteiger partial charge in [-0.15, -0.1) is 0 Å². The zero-order valence-corrected chi connectivity index (χ0v) is 12.3. The lowest BCUT2D eigenvalue weighted by atomic mass is 10.1. The van der Waals surface area contributed by atoms with Crippen LogP contribution in [0.25, 0.3) is 0 Å². The summed E-state index contributed by atoms with van der Waals surface area (Å²) in [5.74, 6) is -0.856. The molecule has 2 aromatic rings. The lowest BCUT2D eigenvalue weighted by Crippen LogP contribution is -2.15. The van der Waals surface area contributed by atoms with E-state index < -0.39 is 10.7 Å². The summed E-state index contributed by atoms with van der Waals surface area (Å²) in [4.78, 5) is 22.0. The van der Waals surface area contributed by atoms with Gasteiger partial charge in [-0.1, -0.05) is 12.1 Å². The van der Waals surface area contributed by atoms with E-state index in [9.17, 15) is 19.3 Å². The van der Waals surface area contributed by atoms with Crippen molar-refractivity contribution in [1.82, 2.24) is 0 Å². The average molecular weight is 353 g/mol. The fourth-order valence-corrected chi connectivity index (χ4v) is 2.10. The van der Waals surface area contributed by atoms with E-state index in [1.807, 2.05) is 0 Å². The Hall–Kier alpha value is -2.28. The molecule has 5 nitrogen and oxygen atoms in total. The third kappa shape index (κ3) is 4.09. The largest absolute Gasteiger partial charge is 0.325 e. The van der Waals surface area contributed by atoms with Gasteiger partial charge < -0.3 is 5.32 Å². The predicted octanol–water partition coefficient (Wildman–Crippen LogP) is 3.68. The van der Waals surface area contributed by atoms with E-state index in [0.717, 1.165) is 0 Å². The van der Waals surface area contributed by atoms with Gasteiger partial charge in [-0.2, -0.15) is 0 Å². The third-order valence-corrected chi connectivity index (χ3v) is 3.38. The second-order valence-electron chi connectivity index (χ2n) is 4.28. The molecule has 0 fully saturated rings. The van der Waals surface area contributed by atoms with Gasteiger partial charge in [0.1, 0.15) is 5.82 Å². The molecule has 21 heavy (non-hydrogen) atoms. The van der Waals surface area contributed by atoms with Gasteiger partial charge in [0.15, 0.2) is 0 Å². The molecule has 0 bridgehead atoms. The van der Waals surface area contributed by atoms with Crippen LogP contribution >= 0.6 is 15.9 Å². The molecule has 0 aromatic heterocycles. The fourth-order valence-electron chi connectivity index (χ4n) is 1.75. The Morgan fingerprint density at radius 2 is 2.05 bits per heavy atom. The van der Waals surface area contributed by atoms with Crippen LogP contribution in [0.3, 0.4) is 0 Å². The highest BCUT2D eigenvalue weighted by atomic mass is 79.9. The van der Waals surface area contributed by atoms with E-state index in [4.69, 9.17) is 0 Å². The summed E-state index contributed by atoms with van der Waals surface area (Å²) in [5.41, 5.74) is 0.742. The second-order valence-corrected chi connectivity index (χ2v) is 5.13. The Morgan fingerprint density at radius 1 is 1.29 bits per heavy atom. The Labute approximate surface area is 128 Å². The Balaban J connectivity index is 2.10. The van der Waals surface area contributed by atoms with E-state index in [0.29, 0.717) is 15.7 Å². The molecule has 0 radical (unpaired) electrons. The van der Waals surface area contributed by atoms with Crippen molar-refractivity contribution in [2.24, 2.45) is 0 Å². The summed E-state index contributed by atoms with van der Waals surface area (Å²) in [6.45, 7) is 0. The molecule has 2 aromatic carbocycles. The van der Waals surface area contributed by atoms with E-state index >= 15 is 0 Å². The van der Waals surface area contributed by atoms with Crippen LogP contribution in [-0.4, -0.2) is 10.8 Å². The highest BCUT2D eigenvalue weighted by molar-refractivity contribution is 9.10. The van der Waals surface area contributed by atoms with Crippen LogP contribution < -0.4 is 5.32 Å². The van der Waals surface area contributed by atoms with Crippen molar-refractivity contribution >= 4 is 33.2 Å². The Morgan fingerprint density at radius 3 is 2.76 bits per heavy atom. The molecule has 0 atom stereocenters. The fraction of sp³-hybridized carbons (Fsp3) is 0.0714. The highest BCUT2D eigenvalue weighted by Gasteiger charge is 2.11. The number of hydrogen-bond donors (Lipinski definition) is 1. The Kier molecular flexibility index (Phi) is 4.64. The van der Waals surface area contributed by atoms with E-state index in [1.165, 1.54) is 36.4 Å². The molecule has 0 heterocycles. The molecule has 1 amide bonds. The number of non-ortho nitro benzene ring substituents is 1. The first-order valence-electron chi connectivity index (χ1n) is 5.94. The smallest absolute Gasteiger partial charge is 0.269 e. The topological polar surface area (TPSA) is 72.2 Å². The van der Waals surface area contributed by atoms with E-state index in [-0.39, 0.29) is 18.0 Å². The number of carbonyl (C=O) groups is 1. The molecule has 2 rings (SSSR count). The van der Waals surface area contributed by atoms with Crippen molar-refractivity contribution in [3.8, 4) is 0 Å². The van der Waals surface area contributed by atoms with Crippen LogP contribution in [0, 0.1) is 15.9 Å². The highest BCUT2D eigenvalue weighted by Crippen LogP contribution is 2.23. The maximum atomic E-state index is 13.1. The van der Waals surface area contributed by atoms with Crippen LogP contribution in [0.5, 0.6) is 0 Å². The maximum absolute atomic E-state index is 13.1. The summed E-state index contributed by atoms with van der Waals surface area (Å²) < 4.78 is 13.7. The summed E-state index contributed by atoms with van der Waals surface area (Å²) >= 11 is 3.20. The van der Waals surface area contributed by atoms with Crippen LogP contribution in [0.15, 0.2) is 46.9 Å². The van der Waals surface area contributed by atoms with Gasteiger partial charge in [-0.25, -0.2) is 4.39 Å². The lowest BCUT2D eigenvalue weighted by molar-refractivity contribution is -0.384. The molecule has 1 N–H and O–H groups in total. The number of nitrogens with one attached hydrogen (secondary N) is 1. The van der Waals surface area contributed by atoms with Crippen LogP contribution in [0.1, 0.15) is 5.56 Å². The number of nitro benzene ring substituents is 1. The first-order valence-corrected chi connectivity index (χ1v) is 6.73. The summed E-state index contributed by atoms with van der Waals surface area (Å²) in [5, 5.41) is 13.2. The number of benzene rings is 2. The van der Waals surface area contributed by atoms with Crippen molar-refractivity contribution in [2.45, 2.75) is 6.42 Å². The molecule has 0 saturated carbocycles. The molecular weight excluding hydrogens is 343 g/mol. The predicted molar refractivity (Wildman–Crippen MR) is 79.5 cm³/mol. The normalized spacial score (nSPS) is 10.2. The number of rotatable bonds is 4. The van der Waals surface area contributed by atoms with Crippen molar-refractivity contribution in [1.29, 1.82) is 0 Å².